The van der Waals surface area contributed by atoms with Crippen molar-refractivity contribution in [1.82, 2.24) is 29.4 Å². The van der Waals surface area contributed by atoms with E-state index in [1.807, 2.05) is 83.2 Å². The molecule has 0 N–H and O–H groups in total. The molecule has 6 nitrogen and oxygen atoms in total. The molecule has 0 aliphatic heterocycles. The molecular formula is C32H70N6. The molecule has 0 heterocycles. The average Bonchev–Trinajstić information content (AvgIpc) is 2.88. The lowest BCUT2D eigenvalue weighted by atomic mass is 10.4. The van der Waals surface area contributed by atoms with E-state index >= 15 is 0 Å². The van der Waals surface area contributed by atoms with Gasteiger partial charge in [-0.05, 0) is 80.2 Å². The smallest absolute Gasteiger partial charge is 0.0146 e. The van der Waals surface area contributed by atoms with Gasteiger partial charge in [-0.3, -0.25) is 0 Å². The summed E-state index contributed by atoms with van der Waals surface area (Å²) in [6, 6.07) is 0. The molecule has 0 aromatic heterocycles. The summed E-state index contributed by atoms with van der Waals surface area (Å²) in [5.41, 5.74) is 2.25. The Labute approximate surface area is 242 Å². The van der Waals surface area contributed by atoms with Crippen LogP contribution in [0.5, 0.6) is 0 Å². The standard InChI is InChI=1S/C7H15N.2C6H13N.C5H11N.2C4H9N/c1-5-8(6-2)7(3)4;2*1-4-7(5-2)6-3;1-5(2)6(3)4;2*1-4-5(2)3/h3,5-6H2,1-2,4H3;2*4H,1,5-6H2,2-3H3;1H2,2-4H3;2*4H,1H2,2-3H3. The van der Waals surface area contributed by atoms with Gasteiger partial charge in [0.25, 0.3) is 0 Å². The van der Waals surface area contributed by atoms with Gasteiger partial charge in [-0.2, -0.15) is 0 Å². The van der Waals surface area contributed by atoms with Gasteiger partial charge in [0.2, 0.25) is 0 Å². The quantitative estimate of drug-likeness (QED) is 0.258. The maximum atomic E-state index is 3.82. The van der Waals surface area contributed by atoms with Crippen LogP contribution < -0.4 is 0 Å². The fourth-order valence-electron chi connectivity index (χ4n) is 1.73. The van der Waals surface area contributed by atoms with Crippen molar-refractivity contribution in [3.05, 3.63) is 75.7 Å². The number of nitrogens with zero attached hydrogens (tertiary/aromatic N) is 6. The van der Waals surface area contributed by atoms with Gasteiger partial charge in [-0.25, -0.2) is 0 Å². The van der Waals surface area contributed by atoms with E-state index in [1.54, 1.807) is 12.4 Å². The lowest BCUT2D eigenvalue weighted by Crippen LogP contribution is -2.19. The van der Waals surface area contributed by atoms with Crippen molar-refractivity contribution in [2.24, 2.45) is 0 Å². The first-order chi connectivity index (χ1) is 17.6. The largest absolute Gasteiger partial charge is 0.384 e. The van der Waals surface area contributed by atoms with E-state index in [-0.39, 0.29) is 0 Å². The van der Waals surface area contributed by atoms with Crippen LogP contribution in [0.4, 0.5) is 0 Å². The molecular weight excluding hydrogens is 468 g/mol. The molecule has 0 aliphatic rings. The zero-order valence-electron chi connectivity index (χ0n) is 28.5. The monoisotopic (exact) mass is 539 g/mol. The minimum absolute atomic E-state index is 1.07. The molecule has 0 spiro atoms. The lowest BCUT2D eigenvalue weighted by Gasteiger charge is -2.19. The summed E-state index contributed by atoms with van der Waals surface area (Å²) in [6.45, 7) is 44.9. The van der Waals surface area contributed by atoms with Crippen LogP contribution in [0.3, 0.4) is 0 Å². The van der Waals surface area contributed by atoms with Gasteiger partial charge in [0.15, 0.2) is 0 Å². The third kappa shape index (κ3) is 54.2. The third-order valence-corrected chi connectivity index (χ3v) is 4.94. The van der Waals surface area contributed by atoms with Crippen LogP contribution in [-0.4, -0.2) is 111 Å². The maximum absolute atomic E-state index is 3.82. The molecule has 0 fully saturated rings. The van der Waals surface area contributed by atoms with Crippen molar-refractivity contribution in [3.8, 4) is 0 Å². The zero-order chi connectivity index (χ0) is 31.7. The number of hydrogen-bond acceptors (Lipinski definition) is 6. The molecule has 0 amide bonds. The maximum Gasteiger partial charge on any atom is 0.0146 e. The minimum Gasteiger partial charge on any atom is -0.384 e. The predicted molar refractivity (Wildman–Crippen MR) is 180 cm³/mol. The van der Waals surface area contributed by atoms with Crippen LogP contribution >= 0.6 is 0 Å². The fraction of sp³-hybridized carbons (Fsp3) is 0.625. The van der Waals surface area contributed by atoms with Crippen molar-refractivity contribution in [1.29, 1.82) is 0 Å². The van der Waals surface area contributed by atoms with Crippen LogP contribution in [0.1, 0.15) is 55.4 Å². The van der Waals surface area contributed by atoms with E-state index < -0.39 is 0 Å². The van der Waals surface area contributed by atoms with Crippen LogP contribution in [-0.2, 0) is 0 Å². The number of rotatable bonds is 12. The normalized spacial score (nSPS) is 7.95. The van der Waals surface area contributed by atoms with Crippen LogP contribution in [0.2, 0.25) is 0 Å². The Hall–Kier alpha value is -2.76. The molecule has 0 saturated heterocycles. The summed E-state index contributed by atoms with van der Waals surface area (Å²) in [5, 5.41) is 0. The highest BCUT2D eigenvalue weighted by Gasteiger charge is 1.93. The second kappa shape index (κ2) is 38.8. The number of hydrogen-bond donors (Lipinski definition) is 0. The first-order valence-corrected chi connectivity index (χ1v) is 13.6. The molecule has 0 aromatic carbocycles. The Morgan fingerprint density at radius 3 is 0.684 bits per heavy atom. The van der Waals surface area contributed by atoms with E-state index in [4.69, 9.17) is 0 Å². The van der Waals surface area contributed by atoms with Crippen molar-refractivity contribution < 1.29 is 0 Å². The molecule has 6 heteroatoms. The first-order valence-electron chi connectivity index (χ1n) is 13.6. The Kier molecular flexibility index (Phi) is 49.3. The Balaban J connectivity index is -0.0000000815. The van der Waals surface area contributed by atoms with Crippen LogP contribution in [0, 0.1) is 0 Å². The van der Waals surface area contributed by atoms with Crippen LogP contribution in [0.25, 0.3) is 0 Å². The van der Waals surface area contributed by atoms with Gasteiger partial charge in [0, 0.05) is 92.9 Å². The second-order valence-corrected chi connectivity index (χ2v) is 8.64. The van der Waals surface area contributed by atoms with Crippen molar-refractivity contribution in [2.45, 2.75) is 55.4 Å². The molecule has 0 aromatic rings. The first kappa shape index (κ1) is 48.3. The average molecular weight is 539 g/mol. The van der Waals surface area contributed by atoms with Gasteiger partial charge in [0.05, 0.1) is 0 Å². The Morgan fingerprint density at radius 1 is 0.474 bits per heavy atom. The van der Waals surface area contributed by atoms with Crippen molar-refractivity contribution in [2.75, 3.05) is 81.6 Å². The number of allylic oxidation sites excluding steroid dienone is 2. The molecule has 0 atom stereocenters. The SMILES string of the molecule is C=C(C)N(C)C.C=C(C)N(CC)CC.C=CN(C)C.C=CN(C)C.C=CN(CC)CC.C=CN(CC)CC. The van der Waals surface area contributed by atoms with E-state index in [0.717, 1.165) is 50.7 Å². The van der Waals surface area contributed by atoms with Gasteiger partial charge >= 0.3 is 0 Å². The van der Waals surface area contributed by atoms with Gasteiger partial charge in [-0.1, -0.05) is 39.5 Å². The second-order valence-electron chi connectivity index (χ2n) is 8.64. The van der Waals surface area contributed by atoms with Crippen molar-refractivity contribution in [3.63, 3.8) is 0 Å². The summed E-state index contributed by atoms with van der Waals surface area (Å²) in [5.74, 6) is 0. The molecule has 0 bridgehead atoms. The Bertz CT molecular complexity index is 498. The van der Waals surface area contributed by atoms with E-state index in [9.17, 15) is 0 Å². The molecule has 0 radical (unpaired) electrons. The molecule has 38 heavy (non-hydrogen) atoms. The summed E-state index contributed by atoms with van der Waals surface area (Å²) in [4.78, 5) is 12.3. The highest BCUT2D eigenvalue weighted by molar-refractivity contribution is 4.86. The molecule has 0 aliphatic carbocycles. The summed E-state index contributed by atoms with van der Waals surface area (Å²) in [6.07, 6.45) is 7.22. The van der Waals surface area contributed by atoms with Gasteiger partial charge in [0.1, 0.15) is 0 Å². The fourth-order valence-corrected chi connectivity index (χ4v) is 1.73. The Morgan fingerprint density at radius 2 is 0.684 bits per heavy atom. The topological polar surface area (TPSA) is 19.4 Å². The zero-order valence-corrected chi connectivity index (χ0v) is 28.5. The summed E-state index contributed by atoms with van der Waals surface area (Å²) in [7, 11) is 11.7. The van der Waals surface area contributed by atoms with E-state index in [1.165, 1.54) is 0 Å². The van der Waals surface area contributed by atoms with Gasteiger partial charge in [-0.15, -0.1) is 0 Å². The van der Waals surface area contributed by atoms with Gasteiger partial charge < -0.3 is 29.4 Å². The van der Waals surface area contributed by atoms with E-state index in [2.05, 4.69) is 95.7 Å². The minimum atomic E-state index is 1.07. The highest BCUT2D eigenvalue weighted by atomic mass is 15.1. The predicted octanol–water partition coefficient (Wildman–Crippen LogP) is 7.27. The molecule has 0 unspecified atom stereocenters. The third-order valence-electron chi connectivity index (χ3n) is 4.94. The summed E-state index contributed by atoms with van der Waals surface area (Å²) < 4.78 is 0. The highest BCUT2D eigenvalue weighted by Crippen LogP contribution is 1.96. The molecule has 0 rings (SSSR count). The summed E-state index contributed by atoms with van der Waals surface area (Å²) >= 11 is 0. The molecule has 0 saturated carbocycles. The van der Waals surface area contributed by atoms with E-state index in [0.29, 0.717) is 0 Å². The molecule has 228 valence electrons. The lowest BCUT2D eigenvalue weighted by molar-refractivity contribution is 0.385. The van der Waals surface area contributed by atoms with Crippen LogP contribution in [0.15, 0.2) is 75.7 Å². The van der Waals surface area contributed by atoms with Crippen molar-refractivity contribution >= 4 is 0 Å².